The minimum absolute atomic E-state index is 0.00973. The molecule has 0 aliphatic carbocycles. The van der Waals surface area contributed by atoms with Gasteiger partial charge in [-0.15, -0.1) is 0 Å². The zero-order valence-corrected chi connectivity index (χ0v) is 14.1. The molecular formula is C11H6Cl3F3N2O3S. The van der Waals surface area contributed by atoms with Crippen LogP contribution in [0.2, 0.25) is 15.1 Å². The zero-order chi connectivity index (χ0) is 17.6. The first kappa shape index (κ1) is 18.2. The van der Waals surface area contributed by atoms with Crippen LogP contribution in [-0.2, 0) is 23.3 Å². The van der Waals surface area contributed by atoms with E-state index in [0.717, 1.165) is 19.2 Å². The molecule has 1 aromatic carbocycles. The standard InChI is InChI=1S/C11H6Cl3F3N2O3S/c1-19-10(4-9(18-19)11(15,16)17)22-23(20,21)8-3-6(13)5(12)2-7(8)14/h2-4H,1H3. The van der Waals surface area contributed by atoms with Gasteiger partial charge in [0.05, 0.1) is 15.1 Å². The third-order valence-corrected chi connectivity index (χ3v) is 4.98. The maximum absolute atomic E-state index is 12.6. The number of benzene rings is 1. The molecule has 1 heterocycles. The van der Waals surface area contributed by atoms with E-state index >= 15 is 0 Å². The quantitative estimate of drug-likeness (QED) is 0.564. The number of aromatic nitrogens is 2. The fraction of sp³-hybridized carbons (Fsp3) is 0.182. The molecule has 0 atom stereocenters. The number of hydrogen-bond acceptors (Lipinski definition) is 4. The van der Waals surface area contributed by atoms with E-state index in [2.05, 4.69) is 9.28 Å². The number of halogens is 6. The Bertz CT molecular complexity index is 865. The van der Waals surface area contributed by atoms with Crippen LogP contribution in [0.3, 0.4) is 0 Å². The number of aryl methyl sites for hydroxylation is 1. The molecule has 2 rings (SSSR count). The van der Waals surface area contributed by atoms with Crippen LogP contribution in [0.15, 0.2) is 23.1 Å². The van der Waals surface area contributed by atoms with Gasteiger partial charge >= 0.3 is 16.3 Å². The largest absolute Gasteiger partial charge is 0.435 e. The second-order valence-electron chi connectivity index (χ2n) is 4.22. The lowest BCUT2D eigenvalue weighted by Crippen LogP contribution is -2.12. The Kier molecular flexibility index (Phi) is 4.78. The highest BCUT2D eigenvalue weighted by Crippen LogP contribution is 2.34. The van der Waals surface area contributed by atoms with Gasteiger partial charge in [0.1, 0.15) is 4.90 Å². The second-order valence-corrected chi connectivity index (χ2v) is 6.96. The molecule has 5 nitrogen and oxygen atoms in total. The molecule has 126 valence electrons. The lowest BCUT2D eigenvalue weighted by molar-refractivity contribution is -0.141. The van der Waals surface area contributed by atoms with Gasteiger partial charge in [-0.05, 0) is 12.1 Å². The van der Waals surface area contributed by atoms with Gasteiger partial charge < -0.3 is 4.18 Å². The van der Waals surface area contributed by atoms with E-state index < -0.39 is 32.8 Å². The van der Waals surface area contributed by atoms with Gasteiger partial charge in [0.25, 0.3) is 0 Å². The van der Waals surface area contributed by atoms with Crippen molar-refractivity contribution in [1.29, 1.82) is 0 Å². The molecule has 1 aromatic heterocycles. The van der Waals surface area contributed by atoms with Crippen LogP contribution in [0.25, 0.3) is 0 Å². The summed E-state index contributed by atoms with van der Waals surface area (Å²) in [4.78, 5) is -0.539. The van der Waals surface area contributed by atoms with Crippen LogP contribution in [0.5, 0.6) is 5.88 Å². The molecule has 0 aliphatic rings. The Hall–Kier alpha value is -1.16. The summed E-state index contributed by atoms with van der Waals surface area (Å²) in [5, 5.41) is 2.74. The van der Waals surface area contributed by atoms with Gasteiger partial charge in [-0.3, -0.25) is 0 Å². The average Bonchev–Trinajstić information content (AvgIpc) is 2.74. The maximum atomic E-state index is 12.6. The lowest BCUT2D eigenvalue weighted by Gasteiger charge is -2.09. The van der Waals surface area contributed by atoms with Crippen molar-refractivity contribution >= 4 is 44.9 Å². The van der Waals surface area contributed by atoms with Gasteiger partial charge in [0.15, 0.2) is 5.69 Å². The van der Waals surface area contributed by atoms with E-state index in [9.17, 15) is 21.6 Å². The fourth-order valence-corrected chi connectivity index (χ4v) is 3.45. The topological polar surface area (TPSA) is 61.2 Å². The Balaban J connectivity index is 2.44. The van der Waals surface area contributed by atoms with E-state index in [-0.39, 0.29) is 15.1 Å². The van der Waals surface area contributed by atoms with Gasteiger partial charge in [0, 0.05) is 13.1 Å². The van der Waals surface area contributed by atoms with Crippen molar-refractivity contribution in [2.24, 2.45) is 7.05 Å². The van der Waals surface area contributed by atoms with E-state index in [1.54, 1.807) is 0 Å². The van der Waals surface area contributed by atoms with Crippen molar-refractivity contribution in [2.75, 3.05) is 0 Å². The Morgan fingerprint density at radius 1 is 1.09 bits per heavy atom. The van der Waals surface area contributed by atoms with E-state index in [4.69, 9.17) is 34.8 Å². The molecule has 0 radical (unpaired) electrons. The third kappa shape index (κ3) is 3.85. The molecule has 0 spiro atoms. The molecule has 0 fully saturated rings. The summed E-state index contributed by atoms with van der Waals surface area (Å²) in [5.41, 5.74) is -1.30. The molecule has 0 amide bonds. The van der Waals surface area contributed by atoms with Crippen molar-refractivity contribution in [2.45, 2.75) is 11.1 Å². The minimum atomic E-state index is -4.75. The summed E-state index contributed by atoms with van der Waals surface area (Å²) in [5.74, 6) is -0.639. The van der Waals surface area contributed by atoms with Crippen LogP contribution >= 0.6 is 34.8 Å². The highest BCUT2D eigenvalue weighted by molar-refractivity contribution is 7.87. The molecule has 0 saturated heterocycles. The predicted molar refractivity (Wildman–Crippen MR) is 77.5 cm³/mol. The maximum Gasteiger partial charge on any atom is 0.435 e. The summed E-state index contributed by atoms with van der Waals surface area (Å²) in [6.07, 6.45) is -4.75. The van der Waals surface area contributed by atoms with Crippen molar-refractivity contribution in [1.82, 2.24) is 9.78 Å². The van der Waals surface area contributed by atoms with E-state index in [1.165, 1.54) is 0 Å². The number of nitrogens with zero attached hydrogens (tertiary/aromatic N) is 2. The van der Waals surface area contributed by atoms with E-state index in [1.807, 2.05) is 0 Å². The van der Waals surface area contributed by atoms with Gasteiger partial charge in [0.2, 0.25) is 5.88 Å². The van der Waals surface area contributed by atoms with Gasteiger partial charge in [-0.25, -0.2) is 4.68 Å². The monoisotopic (exact) mass is 408 g/mol. The Morgan fingerprint density at radius 2 is 1.65 bits per heavy atom. The van der Waals surface area contributed by atoms with Crippen molar-refractivity contribution in [3.8, 4) is 5.88 Å². The summed E-state index contributed by atoms with van der Waals surface area (Å²) in [6.45, 7) is 0. The second kappa shape index (κ2) is 6.04. The molecule has 0 saturated carbocycles. The Labute approximate surface area is 143 Å². The molecule has 0 N–H and O–H groups in total. The SMILES string of the molecule is Cn1nc(C(F)(F)F)cc1OS(=O)(=O)c1cc(Cl)c(Cl)cc1Cl. The van der Waals surface area contributed by atoms with Crippen molar-refractivity contribution < 1.29 is 25.8 Å². The third-order valence-electron chi connectivity index (χ3n) is 2.57. The van der Waals surface area contributed by atoms with Crippen molar-refractivity contribution in [3.05, 3.63) is 39.0 Å². The van der Waals surface area contributed by atoms with Gasteiger partial charge in [-0.1, -0.05) is 34.8 Å². The first-order chi connectivity index (χ1) is 10.4. The summed E-state index contributed by atoms with van der Waals surface area (Å²) in [6, 6.07) is 2.46. The number of hydrogen-bond donors (Lipinski definition) is 0. The fourth-order valence-electron chi connectivity index (χ4n) is 1.52. The van der Waals surface area contributed by atoms with Crippen LogP contribution in [0, 0.1) is 0 Å². The molecule has 0 aliphatic heterocycles. The zero-order valence-electron chi connectivity index (χ0n) is 11.0. The average molecular weight is 410 g/mol. The van der Waals surface area contributed by atoms with Crippen molar-refractivity contribution in [3.63, 3.8) is 0 Å². The van der Waals surface area contributed by atoms with Crippen LogP contribution in [0.4, 0.5) is 13.2 Å². The highest BCUT2D eigenvalue weighted by Gasteiger charge is 2.36. The van der Waals surface area contributed by atoms with Crippen LogP contribution in [0.1, 0.15) is 5.69 Å². The molecule has 0 bridgehead atoms. The summed E-state index contributed by atoms with van der Waals surface area (Å²) >= 11 is 17.2. The predicted octanol–water partition coefficient (Wildman–Crippen LogP) is 4.17. The minimum Gasteiger partial charge on any atom is -0.358 e. The molecule has 2 aromatic rings. The molecule has 0 unspecified atom stereocenters. The normalized spacial score (nSPS) is 12.5. The first-order valence-corrected chi connectivity index (χ1v) is 8.16. The number of rotatable bonds is 3. The van der Waals surface area contributed by atoms with Crippen LogP contribution in [-0.4, -0.2) is 18.2 Å². The lowest BCUT2D eigenvalue weighted by atomic mass is 10.4. The highest BCUT2D eigenvalue weighted by atomic mass is 35.5. The van der Waals surface area contributed by atoms with Crippen LogP contribution < -0.4 is 4.18 Å². The summed E-state index contributed by atoms with van der Waals surface area (Å²) < 4.78 is 67.3. The smallest absolute Gasteiger partial charge is 0.358 e. The number of alkyl halides is 3. The summed E-state index contributed by atoms with van der Waals surface area (Å²) in [7, 11) is -3.45. The first-order valence-electron chi connectivity index (χ1n) is 5.62. The van der Waals surface area contributed by atoms with E-state index in [0.29, 0.717) is 10.7 Å². The Morgan fingerprint density at radius 3 is 2.17 bits per heavy atom. The molecule has 23 heavy (non-hydrogen) atoms. The van der Waals surface area contributed by atoms with Gasteiger partial charge in [-0.2, -0.15) is 26.7 Å². The molecular weight excluding hydrogens is 404 g/mol. The molecule has 12 heteroatoms.